The van der Waals surface area contributed by atoms with Gasteiger partial charge in [-0.15, -0.1) is 0 Å². The third-order valence-corrected chi connectivity index (χ3v) is 5.79. The zero-order chi connectivity index (χ0) is 22.6. The van der Waals surface area contributed by atoms with Crippen molar-refractivity contribution in [3.63, 3.8) is 0 Å². The lowest BCUT2D eigenvalue weighted by atomic mass is 10.2. The van der Waals surface area contributed by atoms with E-state index in [9.17, 15) is 4.79 Å². The molecule has 168 valence electrons. The first kappa shape index (κ1) is 21.1. The van der Waals surface area contributed by atoms with Gasteiger partial charge in [0.25, 0.3) is 5.56 Å². The Morgan fingerprint density at radius 3 is 2.76 bits per heavy atom. The molecule has 8 nitrogen and oxygen atoms in total. The van der Waals surface area contributed by atoms with Crippen molar-refractivity contribution >= 4 is 11.6 Å². The number of rotatable bonds is 7. The van der Waals surface area contributed by atoms with Gasteiger partial charge in [0, 0.05) is 25.5 Å². The molecule has 1 fully saturated rings. The number of likely N-dealkylation sites (tertiary alicyclic amines) is 1. The molecule has 33 heavy (non-hydrogen) atoms. The Labute approximate surface area is 192 Å². The third-order valence-electron chi connectivity index (χ3n) is 5.79. The van der Waals surface area contributed by atoms with Crippen LogP contribution in [0.4, 0.5) is 11.6 Å². The van der Waals surface area contributed by atoms with Crippen LogP contribution in [0.3, 0.4) is 0 Å². The molecule has 0 aromatic carbocycles. The molecule has 0 aliphatic carbocycles. The van der Waals surface area contributed by atoms with Crippen LogP contribution < -0.4 is 10.9 Å². The van der Waals surface area contributed by atoms with Gasteiger partial charge in [0.05, 0.1) is 6.20 Å². The second kappa shape index (κ2) is 9.38. The van der Waals surface area contributed by atoms with Crippen molar-refractivity contribution in [2.24, 2.45) is 0 Å². The smallest absolute Gasteiger partial charge is 0.263 e. The standard InChI is InChI=1S/C25H26N6O2/c1-18-9-10-26-23(16-18)29-22-8-4-7-20(28-22)21-17-27-24(33-21)19-6-5-13-31(25(19)32)15-14-30-11-2-3-12-30/h4-10,13,16-17H,2-3,11-12,14-15H2,1H3,(H,26,28,29). The highest BCUT2D eigenvalue weighted by Gasteiger charge is 2.16. The average Bonchev–Trinajstić information content (AvgIpc) is 3.51. The number of hydrogen-bond acceptors (Lipinski definition) is 7. The molecule has 5 rings (SSSR count). The molecule has 0 radical (unpaired) electrons. The van der Waals surface area contributed by atoms with Gasteiger partial charge in [-0.3, -0.25) is 4.79 Å². The Kier molecular flexibility index (Phi) is 5.99. The first-order valence-corrected chi connectivity index (χ1v) is 11.2. The van der Waals surface area contributed by atoms with Crippen LogP contribution in [0.25, 0.3) is 22.9 Å². The topological polar surface area (TPSA) is 89.1 Å². The van der Waals surface area contributed by atoms with Crippen molar-refractivity contribution in [1.29, 1.82) is 0 Å². The number of anilines is 2. The molecule has 0 atom stereocenters. The van der Waals surface area contributed by atoms with Crippen LogP contribution >= 0.6 is 0 Å². The number of hydrogen-bond donors (Lipinski definition) is 1. The van der Waals surface area contributed by atoms with Gasteiger partial charge in [0.15, 0.2) is 5.76 Å². The summed E-state index contributed by atoms with van der Waals surface area (Å²) in [6, 6.07) is 13.1. The summed E-state index contributed by atoms with van der Waals surface area (Å²) in [5.41, 5.74) is 2.08. The number of nitrogens with zero attached hydrogens (tertiary/aromatic N) is 5. The molecular formula is C25H26N6O2. The van der Waals surface area contributed by atoms with Crippen molar-refractivity contribution < 1.29 is 4.42 Å². The highest BCUT2D eigenvalue weighted by atomic mass is 16.4. The van der Waals surface area contributed by atoms with E-state index in [2.05, 4.69) is 25.2 Å². The highest BCUT2D eigenvalue weighted by Crippen LogP contribution is 2.25. The Morgan fingerprint density at radius 1 is 1.03 bits per heavy atom. The number of aromatic nitrogens is 4. The molecule has 5 heterocycles. The number of aryl methyl sites for hydroxylation is 1. The van der Waals surface area contributed by atoms with E-state index in [1.807, 2.05) is 49.5 Å². The lowest BCUT2D eigenvalue weighted by Crippen LogP contribution is -2.29. The van der Waals surface area contributed by atoms with Crippen molar-refractivity contribution in [2.45, 2.75) is 26.3 Å². The maximum Gasteiger partial charge on any atom is 0.263 e. The molecular weight excluding hydrogens is 416 g/mol. The summed E-state index contributed by atoms with van der Waals surface area (Å²) >= 11 is 0. The maximum atomic E-state index is 13.0. The predicted molar refractivity (Wildman–Crippen MR) is 127 cm³/mol. The number of pyridine rings is 3. The zero-order valence-corrected chi connectivity index (χ0v) is 18.6. The average molecular weight is 443 g/mol. The summed E-state index contributed by atoms with van der Waals surface area (Å²) < 4.78 is 7.68. The minimum Gasteiger partial charge on any atom is -0.434 e. The van der Waals surface area contributed by atoms with E-state index in [-0.39, 0.29) is 5.56 Å². The molecule has 0 saturated carbocycles. The second-order valence-corrected chi connectivity index (χ2v) is 8.25. The molecule has 1 aliphatic heterocycles. The third kappa shape index (κ3) is 4.85. The fourth-order valence-electron chi connectivity index (χ4n) is 4.03. The molecule has 1 saturated heterocycles. The van der Waals surface area contributed by atoms with Gasteiger partial charge in [-0.1, -0.05) is 6.07 Å². The number of nitrogens with one attached hydrogen (secondary N) is 1. The zero-order valence-electron chi connectivity index (χ0n) is 18.6. The lowest BCUT2D eigenvalue weighted by molar-refractivity contribution is 0.320. The summed E-state index contributed by atoms with van der Waals surface area (Å²) in [6.07, 6.45) is 7.65. The lowest BCUT2D eigenvalue weighted by Gasteiger charge is -2.15. The van der Waals surface area contributed by atoms with Gasteiger partial charge >= 0.3 is 0 Å². The molecule has 0 spiro atoms. The van der Waals surface area contributed by atoms with Crippen molar-refractivity contribution in [2.75, 3.05) is 25.0 Å². The molecule has 1 aliphatic rings. The molecule has 0 unspecified atom stereocenters. The Balaban J connectivity index is 1.35. The fraction of sp³-hybridized carbons (Fsp3) is 0.280. The molecule has 0 amide bonds. The van der Waals surface area contributed by atoms with Gasteiger partial charge in [0.2, 0.25) is 5.89 Å². The van der Waals surface area contributed by atoms with Crippen LogP contribution in [0.5, 0.6) is 0 Å². The summed E-state index contributed by atoms with van der Waals surface area (Å²) in [6.45, 7) is 5.76. The van der Waals surface area contributed by atoms with Crippen LogP contribution in [0.1, 0.15) is 18.4 Å². The van der Waals surface area contributed by atoms with E-state index in [4.69, 9.17) is 4.42 Å². The summed E-state index contributed by atoms with van der Waals surface area (Å²) in [7, 11) is 0. The van der Waals surface area contributed by atoms with E-state index in [0.29, 0.717) is 35.3 Å². The first-order chi connectivity index (χ1) is 16.2. The highest BCUT2D eigenvalue weighted by molar-refractivity contribution is 5.61. The minimum atomic E-state index is -0.0982. The SMILES string of the molecule is Cc1ccnc(Nc2cccc(-c3cnc(-c4cccn(CCN5CCCC5)c4=O)o3)n2)c1. The predicted octanol–water partition coefficient (Wildman–Crippen LogP) is 4.11. The van der Waals surface area contributed by atoms with Crippen molar-refractivity contribution in [1.82, 2.24) is 24.4 Å². The van der Waals surface area contributed by atoms with Crippen LogP contribution in [0, 0.1) is 6.92 Å². The van der Waals surface area contributed by atoms with Gasteiger partial charge in [0.1, 0.15) is 22.9 Å². The molecule has 4 aromatic heterocycles. The van der Waals surface area contributed by atoms with E-state index < -0.39 is 0 Å². The van der Waals surface area contributed by atoms with E-state index in [0.717, 1.165) is 31.0 Å². The van der Waals surface area contributed by atoms with Crippen molar-refractivity contribution in [3.8, 4) is 22.9 Å². The van der Waals surface area contributed by atoms with Gasteiger partial charge in [-0.2, -0.15) is 0 Å². The van der Waals surface area contributed by atoms with E-state index >= 15 is 0 Å². The van der Waals surface area contributed by atoms with Crippen LogP contribution in [0.15, 0.2) is 70.3 Å². The van der Waals surface area contributed by atoms with E-state index in [1.165, 1.54) is 12.8 Å². The molecule has 8 heteroatoms. The van der Waals surface area contributed by atoms with Crippen molar-refractivity contribution in [3.05, 3.63) is 77.0 Å². The second-order valence-electron chi connectivity index (χ2n) is 8.25. The first-order valence-electron chi connectivity index (χ1n) is 11.2. The summed E-state index contributed by atoms with van der Waals surface area (Å²) in [5, 5.41) is 3.21. The van der Waals surface area contributed by atoms with E-state index in [1.54, 1.807) is 23.0 Å². The minimum absolute atomic E-state index is 0.0982. The normalized spacial score (nSPS) is 14.0. The Hall–Kier alpha value is -3.78. The van der Waals surface area contributed by atoms with Gasteiger partial charge < -0.3 is 19.2 Å². The molecule has 1 N–H and O–H groups in total. The largest absolute Gasteiger partial charge is 0.434 e. The summed E-state index contributed by atoms with van der Waals surface area (Å²) in [4.78, 5) is 28.7. The number of oxazole rings is 1. The maximum absolute atomic E-state index is 13.0. The van der Waals surface area contributed by atoms with Crippen LogP contribution in [-0.2, 0) is 6.54 Å². The van der Waals surface area contributed by atoms with Crippen LogP contribution in [0.2, 0.25) is 0 Å². The monoisotopic (exact) mass is 442 g/mol. The Morgan fingerprint density at radius 2 is 1.91 bits per heavy atom. The molecule has 4 aromatic rings. The van der Waals surface area contributed by atoms with Crippen LogP contribution in [-0.4, -0.2) is 44.1 Å². The Bertz CT molecular complexity index is 1310. The van der Waals surface area contributed by atoms with Gasteiger partial charge in [-0.25, -0.2) is 15.0 Å². The fourth-order valence-corrected chi connectivity index (χ4v) is 4.03. The quantitative estimate of drug-likeness (QED) is 0.461. The van der Waals surface area contributed by atoms with Gasteiger partial charge in [-0.05, 0) is 74.8 Å². The molecule has 0 bridgehead atoms. The summed E-state index contributed by atoms with van der Waals surface area (Å²) in [5.74, 6) is 2.16.